The zero-order valence-electron chi connectivity index (χ0n) is 20.5. The van der Waals surface area contributed by atoms with Gasteiger partial charge in [0.2, 0.25) is 0 Å². The van der Waals surface area contributed by atoms with Crippen molar-refractivity contribution in [2.24, 2.45) is 0 Å². The van der Waals surface area contributed by atoms with Crippen LogP contribution in [0.15, 0.2) is 60.7 Å². The van der Waals surface area contributed by atoms with E-state index in [2.05, 4.69) is 60.7 Å². The average molecular weight is 571 g/mol. The van der Waals surface area contributed by atoms with E-state index in [1.165, 1.54) is 101 Å². The molecule has 0 radical (unpaired) electrons. The predicted molar refractivity (Wildman–Crippen MR) is 168 cm³/mol. The third-order valence-electron chi connectivity index (χ3n) is 7.76. The Kier molecular flexibility index (Phi) is 5.77. The molecule has 6 aromatic rings. The summed E-state index contributed by atoms with van der Waals surface area (Å²) in [6.07, 6.45) is 10.5. The van der Waals surface area contributed by atoms with Crippen LogP contribution in [-0.4, -0.2) is 0 Å². The van der Waals surface area contributed by atoms with Crippen LogP contribution in [0.2, 0.25) is 0 Å². The maximum Gasteiger partial charge on any atom is 0.0528 e. The van der Waals surface area contributed by atoms with Crippen molar-refractivity contribution < 1.29 is 0 Å². The molecule has 2 aliphatic rings. The van der Waals surface area contributed by atoms with Gasteiger partial charge in [-0.15, -0.1) is 56.7 Å². The Bertz CT molecular complexity index is 1570. The molecule has 0 nitrogen and oxygen atoms in total. The highest BCUT2D eigenvalue weighted by Gasteiger charge is 2.20. The zero-order valence-corrected chi connectivity index (χ0v) is 24.6. The van der Waals surface area contributed by atoms with E-state index in [0.29, 0.717) is 0 Å². The first-order valence-electron chi connectivity index (χ1n) is 13.3. The van der Waals surface area contributed by atoms with Crippen molar-refractivity contribution in [1.29, 1.82) is 0 Å². The summed E-state index contributed by atoms with van der Waals surface area (Å²) in [5.74, 6) is 0. The molecule has 0 saturated heterocycles. The summed E-state index contributed by atoms with van der Waals surface area (Å²) in [5, 5.41) is 2.78. The normalized spacial score (nSPS) is 15.2. The highest BCUT2D eigenvalue weighted by atomic mass is 32.1. The van der Waals surface area contributed by atoms with Gasteiger partial charge in [0, 0.05) is 49.8 Å². The van der Waals surface area contributed by atoms with Gasteiger partial charge in [0.15, 0.2) is 0 Å². The first-order chi connectivity index (χ1) is 18.3. The first-order valence-corrected chi connectivity index (χ1v) is 17.3. The SMILES string of the molecule is c1ccc2c(-c3ccc(-c4cc5c(s4)CCCC5)s3)sc(-c3ccc(-c4cc5c(s4)CCCC5)s3)c2c1. The third kappa shape index (κ3) is 4.02. The van der Waals surface area contributed by atoms with Crippen LogP contribution in [0.3, 0.4) is 0 Å². The average Bonchev–Trinajstić information content (AvgIpc) is 3.76. The third-order valence-corrected chi connectivity index (χ3v) is 14.4. The molecule has 5 heteroatoms. The molecule has 0 spiro atoms. The standard InChI is InChI=1S/C32H26S5/c1-5-11-23-19(7-1)17-29(33-23)25-13-15-27(35-25)31-21-9-3-4-10-22(21)32(37-31)28-16-14-26(36-28)30-18-20-8-2-6-12-24(20)34-30/h3-4,9-10,13-18H,1-2,5-8,11-12H2. The molecule has 0 unspecified atom stereocenters. The van der Waals surface area contributed by atoms with Crippen LogP contribution in [0.5, 0.6) is 0 Å². The molecule has 0 saturated carbocycles. The summed E-state index contributed by atoms with van der Waals surface area (Å²) in [7, 11) is 0. The van der Waals surface area contributed by atoms with E-state index in [-0.39, 0.29) is 0 Å². The van der Waals surface area contributed by atoms with E-state index in [1.807, 2.05) is 56.7 Å². The summed E-state index contributed by atoms with van der Waals surface area (Å²) in [6.45, 7) is 0. The molecule has 0 bridgehead atoms. The van der Waals surface area contributed by atoms with Crippen LogP contribution >= 0.6 is 56.7 Å². The summed E-state index contributed by atoms with van der Waals surface area (Å²) in [6, 6.07) is 23.4. The topological polar surface area (TPSA) is 0 Å². The van der Waals surface area contributed by atoms with Crippen LogP contribution < -0.4 is 0 Å². The first kappa shape index (κ1) is 22.9. The molecule has 1 aromatic carbocycles. The van der Waals surface area contributed by atoms with Crippen LogP contribution in [0.1, 0.15) is 46.6 Å². The minimum atomic E-state index is 1.26. The van der Waals surface area contributed by atoms with Gasteiger partial charge in [0.05, 0.1) is 9.75 Å². The largest absolute Gasteiger partial charge is 0.139 e. The van der Waals surface area contributed by atoms with Crippen molar-refractivity contribution in [3.63, 3.8) is 0 Å². The Morgan fingerprint density at radius 2 is 0.865 bits per heavy atom. The van der Waals surface area contributed by atoms with E-state index in [9.17, 15) is 0 Å². The highest BCUT2D eigenvalue weighted by molar-refractivity contribution is 7.30. The molecule has 0 amide bonds. The van der Waals surface area contributed by atoms with Crippen molar-refractivity contribution >= 4 is 67.5 Å². The van der Waals surface area contributed by atoms with Crippen LogP contribution in [0, 0.1) is 0 Å². The zero-order chi connectivity index (χ0) is 24.3. The molecule has 8 rings (SSSR count). The number of thiophene rings is 5. The fraction of sp³-hybridized carbons (Fsp3) is 0.250. The molecular weight excluding hydrogens is 545 g/mol. The number of fused-ring (bicyclic) bond motifs is 3. The van der Waals surface area contributed by atoms with Crippen molar-refractivity contribution in [3.8, 4) is 39.0 Å². The number of aryl methyl sites for hydroxylation is 4. The van der Waals surface area contributed by atoms with Gasteiger partial charge >= 0.3 is 0 Å². The lowest BCUT2D eigenvalue weighted by atomic mass is 9.99. The Hall–Kier alpha value is -2.02. The lowest BCUT2D eigenvalue weighted by molar-refractivity contribution is 0.697. The Morgan fingerprint density at radius 3 is 1.35 bits per heavy atom. The second-order valence-corrected chi connectivity index (χ2v) is 15.6. The minimum Gasteiger partial charge on any atom is -0.139 e. The second-order valence-electron chi connectivity index (χ2n) is 10.2. The van der Waals surface area contributed by atoms with Gasteiger partial charge in [-0.1, -0.05) is 24.3 Å². The summed E-state index contributed by atoms with van der Waals surface area (Å²) in [5.41, 5.74) is 3.20. The maximum atomic E-state index is 2.47. The number of rotatable bonds is 4. The van der Waals surface area contributed by atoms with Crippen molar-refractivity contribution in [1.82, 2.24) is 0 Å². The fourth-order valence-electron chi connectivity index (χ4n) is 5.87. The Labute approximate surface area is 237 Å². The molecule has 0 aliphatic heterocycles. The summed E-state index contributed by atoms with van der Waals surface area (Å²) in [4.78, 5) is 14.7. The smallest absolute Gasteiger partial charge is 0.0528 e. The number of benzene rings is 1. The van der Waals surface area contributed by atoms with Gasteiger partial charge in [-0.2, -0.15) is 0 Å². The molecular formula is C32H26S5. The van der Waals surface area contributed by atoms with E-state index in [1.54, 1.807) is 20.9 Å². The van der Waals surface area contributed by atoms with Crippen molar-refractivity contribution in [2.75, 3.05) is 0 Å². The second kappa shape index (κ2) is 9.32. The van der Waals surface area contributed by atoms with Gasteiger partial charge < -0.3 is 0 Å². The molecule has 37 heavy (non-hydrogen) atoms. The van der Waals surface area contributed by atoms with Crippen molar-refractivity contribution in [3.05, 3.63) is 81.5 Å². The van der Waals surface area contributed by atoms with E-state index in [4.69, 9.17) is 0 Å². The van der Waals surface area contributed by atoms with Crippen molar-refractivity contribution in [2.45, 2.75) is 51.4 Å². The molecule has 0 N–H and O–H groups in total. The van der Waals surface area contributed by atoms with E-state index < -0.39 is 0 Å². The molecule has 0 fully saturated rings. The molecule has 184 valence electrons. The lowest BCUT2D eigenvalue weighted by Crippen LogP contribution is -1.96. The molecule has 2 aliphatic carbocycles. The van der Waals surface area contributed by atoms with Gasteiger partial charge in [-0.25, -0.2) is 0 Å². The minimum absolute atomic E-state index is 1.26. The molecule has 0 atom stereocenters. The maximum absolute atomic E-state index is 2.47. The van der Waals surface area contributed by atoms with Gasteiger partial charge in [0.1, 0.15) is 0 Å². The number of hydrogen-bond donors (Lipinski definition) is 0. The van der Waals surface area contributed by atoms with E-state index >= 15 is 0 Å². The Morgan fingerprint density at radius 1 is 0.405 bits per heavy atom. The number of hydrogen-bond acceptors (Lipinski definition) is 5. The highest BCUT2D eigenvalue weighted by Crippen LogP contribution is 2.50. The Balaban J connectivity index is 1.17. The van der Waals surface area contributed by atoms with Crippen LogP contribution in [0.4, 0.5) is 0 Å². The lowest BCUT2D eigenvalue weighted by Gasteiger charge is -2.08. The van der Waals surface area contributed by atoms with Gasteiger partial charge in [-0.3, -0.25) is 0 Å². The van der Waals surface area contributed by atoms with Gasteiger partial charge in [0.25, 0.3) is 0 Å². The molecule has 5 heterocycles. The summed E-state index contributed by atoms with van der Waals surface area (Å²) < 4.78 is 0. The fourth-order valence-corrected chi connectivity index (χ4v) is 12.1. The van der Waals surface area contributed by atoms with Gasteiger partial charge in [-0.05, 0) is 98.9 Å². The monoisotopic (exact) mass is 570 g/mol. The molecule has 5 aromatic heterocycles. The van der Waals surface area contributed by atoms with E-state index in [0.717, 1.165) is 0 Å². The quantitative estimate of drug-likeness (QED) is 0.198. The summed E-state index contributed by atoms with van der Waals surface area (Å²) >= 11 is 9.98. The van der Waals surface area contributed by atoms with Crippen LogP contribution in [0.25, 0.3) is 49.8 Å². The predicted octanol–water partition coefficient (Wildman–Crippen LogP) is 11.6. The van der Waals surface area contributed by atoms with Crippen LogP contribution in [-0.2, 0) is 25.7 Å².